The van der Waals surface area contributed by atoms with Gasteiger partial charge in [0.2, 0.25) is 10.0 Å². The van der Waals surface area contributed by atoms with Gasteiger partial charge in [0.1, 0.15) is 0 Å². The Bertz CT molecular complexity index is 616. The Morgan fingerprint density at radius 1 is 1.45 bits per heavy atom. The van der Waals surface area contributed by atoms with Crippen LogP contribution in [0.15, 0.2) is 29.2 Å². The number of nitrogens with one attached hydrogen (secondary N) is 1. The van der Waals surface area contributed by atoms with Crippen LogP contribution >= 0.6 is 0 Å². The summed E-state index contributed by atoms with van der Waals surface area (Å²) in [4.78, 5) is 0.138. The topological polar surface area (TPSA) is 79.2 Å². The largest absolute Gasteiger partial charge is 0.385 e. The van der Waals surface area contributed by atoms with Crippen molar-refractivity contribution in [3.05, 3.63) is 29.8 Å². The number of benzene rings is 1. The molecule has 0 saturated heterocycles. The maximum atomic E-state index is 12.2. The van der Waals surface area contributed by atoms with Crippen molar-refractivity contribution in [2.45, 2.75) is 24.2 Å². The number of hydrogen-bond donors (Lipinski definition) is 1. The SMILES string of the molecule is COCCC1(CNS(=O)(=O)c2cccc(C#N)c2)CC1. The van der Waals surface area contributed by atoms with Crippen molar-refractivity contribution in [1.29, 1.82) is 5.26 Å². The van der Waals surface area contributed by atoms with E-state index in [9.17, 15) is 8.42 Å². The third-order valence-electron chi connectivity index (χ3n) is 3.70. The molecule has 0 aliphatic heterocycles. The molecule has 1 aliphatic carbocycles. The zero-order valence-corrected chi connectivity index (χ0v) is 12.2. The summed E-state index contributed by atoms with van der Waals surface area (Å²) in [6.07, 6.45) is 2.92. The number of ether oxygens (including phenoxy) is 1. The summed E-state index contributed by atoms with van der Waals surface area (Å²) in [6, 6.07) is 7.98. The van der Waals surface area contributed by atoms with Crippen molar-refractivity contribution in [2.75, 3.05) is 20.3 Å². The molecule has 1 fully saturated rings. The fourth-order valence-electron chi connectivity index (χ4n) is 2.07. The van der Waals surface area contributed by atoms with Gasteiger partial charge in [-0.15, -0.1) is 0 Å². The van der Waals surface area contributed by atoms with E-state index in [1.54, 1.807) is 19.2 Å². The average Bonchev–Trinajstić information content (AvgIpc) is 3.24. The van der Waals surface area contributed by atoms with Crippen LogP contribution in [0.25, 0.3) is 0 Å². The molecule has 1 saturated carbocycles. The predicted molar refractivity (Wildman–Crippen MR) is 74.5 cm³/mol. The van der Waals surface area contributed by atoms with E-state index in [4.69, 9.17) is 10.00 Å². The lowest BCUT2D eigenvalue weighted by Gasteiger charge is -2.15. The molecular weight excluding hydrogens is 276 g/mol. The second-order valence-corrected chi connectivity index (χ2v) is 6.97. The zero-order chi connectivity index (χ0) is 14.6. The molecule has 1 N–H and O–H groups in total. The van der Waals surface area contributed by atoms with Gasteiger partial charge >= 0.3 is 0 Å². The molecule has 0 atom stereocenters. The maximum absolute atomic E-state index is 12.2. The van der Waals surface area contributed by atoms with Gasteiger partial charge in [0.25, 0.3) is 0 Å². The van der Waals surface area contributed by atoms with E-state index in [0.717, 1.165) is 19.3 Å². The molecule has 108 valence electrons. The standard InChI is InChI=1S/C14H18N2O3S/c1-19-8-7-14(5-6-14)11-16-20(17,18)13-4-2-3-12(9-13)10-15/h2-4,9,16H,5-8,11H2,1H3. The van der Waals surface area contributed by atoms with Gasteiger partial charge < -0.3 is 4.74 Å². The number of nitrogens with zero attached hydrogens (tertiary/aromatic N) is 1. The Morgan fingerprint density at radius 3 is 2.80 bits per heavy atom. The minimum absolute atomic E-state index is 0.0515. The van der Waals surface area contributed by atoms with Crippen LogP contribution in [0.3, 0.4) is 0 Å². The number of hydrogen-bond acceptors (Lipinski definition) is 4. The van der Waals surface area contributed by atoms with Crippen LogP contribution in [0.5, 0.6) is 0 Å². The highest BCUT2D eigenvalue weighted by atomic mass is 32.2. The Morgan fingerprint density at radius 2 is 2.20 bits per heavy atom. The highest BCUT2D eigenvalue weighted by molar-refractivity contribution is 7.89. The quantitative estimate of drug-likeness (QED) is 0.829. The van der Waals surface area contributed by atoms with Crippen LogP contribution in [0.1, 0.15) is 24.8 Å². The lowest BCUT2D eigenvalue weighted by atomic mass is 10.0. The van der Waals surface area contributed by atoms with Crippen molar-refractivity contribution in [3.8, 4) is 6.07 Å². The van der Waals surface area contributed by atoms with Crippen molar-refractivity contribution in [2.24, 2.45) is 5.41 Å². The van der Waals surface area contributed by atoms with E-state index in [1.165, 1.54) is 12.1 Å². The lowest BCUT2D eigenvalue weighted by molar-refractivity contribution is 0.173. The van der Waals surface area contributed by atoms with Crippen LogP contribution in [0, 0.1) is 16.7 Å². The van der Waals surface area contributed by atoms with E-state index in [-0.39, 0.29) is 10.3 Å². The lowest BCUT2D eigenvalue weighted by Crippen LogP contribution is -2.31. The molecule has 1 aromatic rings. The van der Waals surface area contributed by atoms with Gasteiger partial charge in [-0.25, -0.2) is 13.1 Å². The molecule has 0 radical (unpaired) electrons. The number of methoxy groups -OCH3 is 1. The van der Waals surface area contributed by atoms with E-state index >= 15 is 0 Å². The molecule has 6 heteroatoms. The van der Waals surface area contributed by atoms with Crippen molar-refractivity contribution < 1.29 is 13.2 Å². The van der Waals surface area contributed by atoms with Crippen molar-refractivity contribution in [1.82, 2.24) is 4.72 Å². The van der Waals surface area contributed by atoms with Crippen LogP contribution in [-0.4, -0.2) is 28.7 Å². The van der Waals surface area contributed by atoms with Crippen LogP contribution in [-0.2, 0) is 14.8 Å². The highest BCUT2D eigenvalue weighted by Crippen LogP contribution is 2.48. The third-order valence-corrected chi connectivity index (χ3v) is 5.10. The molecule has 2 rings (SSSR count). The zero-order valence-electron chi connectivity index (χ0n) is 11.4. The monoisotopic (exact) mass is 294 g/mol. The summed E-state index contributed by atoms with van der Waals surface area (Å²) in [5.74, 6) is 0. The minimum Gasteiger partial charge on any atom is -0.385 e. The fraction of sp³-hybridized carbons (Fsp3) is 0.500. The fourth-order valence-corrected chi connectivity index (χ4v) is 3.28. The number of nitriles is 1. The molecule has 0 amide bonds. The molecule has 0 spiro atoms. The molecule has 5 nitrogen and oxygen atoms in total. The molecule has 0 aromatic heterocycles. The van der Waals surface area contributed by atoms with E-state index in [1.807, 2.05) is 6.07 Å². The van der Waals surface area contributed by atoms with Gasteiger partial charge in [-0.3, -0.25) is 0 Å². The van der Waals surface area contributed by atoms with Gasteiger partial charge in [0.05, 0.1) is 16.5 Å². The van der Waals surface area contributed by atoms with E-state index in [2.05, 4.69) is 4.72 Å². The Hall–Kier alpha value is -1.42. The first kappa shape index (κ1) is 15.0. The second-order valence-electron chi connectivity index (χ2n) is 5.21. The first-order valence-electron chi connectivity index (χ1n) is 6.50. The van der Waals surface area contributed by atoms with E-state index in [0.29, 0.717) is 18.7 Å². The smallest absolute Gasteiger partial charge is 0.240 e. The third kappa shape index (κ3) is 3.57. The first-order valence-corrected chi connectivity index (χ1v) is 7.98. The summed E-state index contributed by atoms with van der Waals surface area (Å²) >= 11 is 0. The normalized spacial score (nSPS) is 16.6. The maximum Gasteiger partial charge on any atom is 0.240 e. The molecule has 0 bridgehead atoms. The second kappa shape index (κ2) is 5.92. The van der Waals surface area contributed by atoms with Gasteiger partial charge in [0, 0.05) is 20.3 Å². The minimum atomic E-state index is -3.55. The first-order chi connectivity index (χ1) is 9.51. The van der Waals surface area contributed by atoms with Gasteiger partial charge in [-0.2, -0.15) is 5.26 Å². The van der Waals surface area contributed by atoms with E-state index < -0.39 is 10.0 Å². The molecular formula is C14H18N2O3S. The molecule has 20 heavy (non-hydrogen) atoms. The molecule has 0 unspecified atom stereocenters. The van der Waals surface area contributed by atoms with Crippen LogP contribution < -0.4 is 4.72 Å². The van der Waals surface area contributed by atoms with Crippen molar-refractivity contribution in [3.63, 3.8) is 0 Å². The number of sulfonamides is 1. The van der Waals surface area contributed by atoms with Crippen molar-refractivity contribution >= 4 is 10.0 Å². The molecule has 1 aliphatic rings. The predicted octanol–water partition coefficient (Wildman–Crippen LogP) is 1.65. The summed E-state index contributed by atoms with van der Waals surface area (Å²) < 4.78 is 32.1. The summed E-state index contributed by atoms with van der Waals surface area (Å²) in [6.45, 7) is 1.07. The molecule has 0 heterocycles. The van der Waals surface area contributed by atoms with Crippen LogP contribution in [0.4, 0.5) is 0 Å². The summed E-state index contributed by atoms with van der Waals surface area (Å²) in [5, 5.41) is 8.81. The number of rotatable bonds is 7. The Balaban J connectivity index is 2.03. The van der Waals surface area contributed by atoms with Gasteiger partial charge in [-0.05, 0) is 42.9 Å². The summed E-state index contributed by atoms with van der Waals surface area (Å²) in [7, 11) is -1.91. The highest BCUT2D eigenvalue weighted by Gasteiger charge is 2.42. The Labute approximate surface area is 119 Å². The summed E-state index contributed by atoms with van der Waals surface area (Å²) in [5.41, 5.74) is 0.393. The van der Waals surface area contributed by atoms with Crippen LogP contribution in [0.2, 0.25) is 0 Å². The Kier molecular flexibility index (Phi) is 4.43. The van der Waals surface area contributed by atoms with Gasteiger partial charge in [0.15, 0.2) is 0 Å². The average molecular weight is 294 g/mol. The van der Waals surface area contributed by atoms with Gasteiger partial charge in [-0.1, -0.05) is 6.07 Å². The molecule has 1 aromatic carbocycles.